The van der Waals surface area contributed by atoms with Gasteiger partial charge >= 0.3 is 0 Å². The first-order valence-electron chi connectivity index (χ1n) is 7.53. The summed E-state index contributed by atoms with van der Waals surface area (Å²) in [4.78, 5) is 2.47. The lowest BCUT2D eigenvalue weighted by Gasteiger charge is -2.29. The Balaban J connectivity index is 1.78. The molecule has 1 heterocycles. The summed E-state index contributed by atoms with van der Waals surface area (Å²) in [6, 6.07) is 5.01. The van der Waals surface area contributed by atoms with E-state index >= 15 is 0 Å². The van der Waals surface area contributed by atoms with Gasteiger partial charge in [-0.25, -0.2) is 0 Å². The van der Waals surface area contributed by atoms with Crippen LogP contribution < -0.4 is 10.5 Å². The number of rotatable bonds is 4. The van der Waals surface area contributed by atoms with Gasteiger partial charge in [0.15, 0.2) is 0 Å². The van der Waals surface area contributed by atoms with Crippen LogP contribution in [0.2, 0.25) is 0 Å². The van der Waals surface area contributed by atoms with Gasteiger partial charge in [-0.1, -0.05) is 22.4 Å². The second-order valence-corrected chi connectivity index (χ2v) is 6.98. The predicted molar refractivity (Wildman–Crippen MR) is 85.0 cm³/mol. The highest BCUT2D eigenvalue weighted by molar-refractivity contribution is 9.10. The van der Waals surface area contributed by atoms with Gasteiger partial charge < -0.3 is 10.5 Å². The van der Waals surface area contributed by atoms with Crippen molar-refractivity contribution in [3.05, 3.63) is 27.7 Å². The highest BCUT2D eigenvalue weighted by Crippen LogP contribution is 2.35. The van der Waals surface area contributed by atoms with Crippen LogP contribution in [0.3, 0.4) is 0 Å². The Morgan fingerprint density at radius 1 is 1.40 bits per heavy atom. The SMILES string of the molecule is CN(Cc1cc(Br)cc2c1OCC2)C1CCCC1CN. The van der Waals surface area contributed by atoms with Gasteiger partial charge in [0.2, 0.25) is 0 Å². The number of hydrogen-bond donors (Lipinski definition) is 1. The fourth-order valence-electron chi connectivity index (χ4n) is 3.72. The quantitative estimate of drug-likeness (QED) is 0.917. The Kier molecular flexibility index (Phi) is 4.34. The van der Waals surface area contributed by atoms with Gasteiger partial charge in [-0.2, -0.15) is 0 Å². The van der Waals surface area contributed by atoms with Crippen LogP contribution in [0.4, 0.5) is 0 Å². The maximum absolute atomic E-state index is 5.91. The van der Waals surface area contributed by atoms with Gasteiger partial charge in [0.25, 0.3) is 0 Å². The van der Waals surface area contributed by atoms with Crippen LogP contribution in [0.1, 0.15) is 30.4 Å². The third kappa shape index (κ3) is 2.74. The van der Waals surface area contributed by atoms with Crippen LogP contribution in [0.5, 0.6) is 5.75 Å². The summed E-state index contributed by atoms with van der Waals surface area (Å²) in [5.74, 6) is 1.77. The van der Waals surface area contributed by atoms with Crippen LogP contribution in [0, 0.1) is 5.92 Å². The molecule has 1 aliphatic carbocycles. The van der Waals surface area contributed by atoms with Crippen molar-refractivity contribution >= 4 is 15.9 Å². The first-order chi connectivity index (χ1) is 9.69. The Labute approximate surface area is 129 Å². The Hall–Kier alpha value is -0.580. The second kappa shape index (κ2) is 6.04. The van der Waals surface area contributed by atoms with Crippen molar-refractivity contribution in [2.24, 2.45) is 11.7 Å². The van der Waals surface area contributed by atoms with E-state index in [4.69, 9.17) is 10.5 Å². The monoisotopic (exact) mass is 338 g/mol. The van der Waals surface area contributed by atoms with Gasteiger partial charge in [-0.15, -0.1) is 0 Å². The van der Waals surface area contributed by atoms with Crippen LogP contribution in [0.25, 0.3) is 0 Å². The largest absolute Gasteiger partial charge is 0.493 e. The standard InChI is InChI=1S/C16H23BrN2O/c1-19(15-4-2-3-12(15)9-18)10-13-8-14(17)7-11-5-6-20-16(11)13/h7-8,12,15H,2-6,9-10,18H2,1H3. The normalized spacial score (nSPS) is 25.0. The van der Waals surface area contributed by atoms with Gasteiger partial charge in [-0.3, -0.25) is 4.90 Å². The average molecular weight is 339 g/mol. The van der Waals surface area contributed by atoms with Gasteiger partial charge in [0, 0.05) is 29.0 Å². The maximum atomic E-state index is 5.91. The second-order valence-electron chi connectivity index (χ2n) is 6.06. The average Bonchev–Trinajstić information content (AvgIpc) is 3.06. The number of nitrogens with zero attached hydrogens (tertiary/aromatic N) is 1. The van der Waals surface area contributed by atoms with Crippen molar-refractivity contribution in [3.8, 4) is 5.75 Å². The lowest BCUT2D eigenvalue weighted by molar-refractivity contribution is 0.190. The molecule has 0 amide bonds. The van der Waals surface area contributed by atoms with Gasteiger partial charge in [-0.05, 0) is 50.0 Å². The minimum Gasteiger partial charge on any atom is -0.493 e. The topological polar surface area (TPSA) is 38.5 Å². The van der Waals surface area contributed by atoms with Gasteiger partial charge in [0.1, 0.15) is 5.75 Å². The van der Waals surface area contributed by atoms with Crippen molar-refractivity contribution in [2.45, 2.75) is 38.3 Å². The smallest absolute Gasteiger partial charge is 0.127 e. The summed E-state index contributed by atoms with van der Waals surface area (Å²) in [5, 5.41) is 0. The first-order valence-corrected chi connectivity index (χ1v) is 8.32. The molecule has 0 bridgehead atoms. The molecule has 110 valence electrons. The van der Waals surface area contributed by atoms with Crippen molar-refractivity contribution in [2.75, 3.05) is 20.2 Å². The number of hydrogen-bond acceptors (Lipinski definition) is 3. The summed E-state index contributed by atoms with van der Waals surface area (Å²) >= 11 is 3.62. The zero-order valence-corrected chi connectivity index (χ0v) is 13.7. The maximum Gasteiger partial charge on any atom is 0.127 e. The van der Waals surface area contributed by atoms with E-state index in [0.717, 1.165) is 36.3 Å². The Bertz CT molecular complexity index is 492. The molecule has 4 heteroatoms. The number of nitrogens with two attached hydrogens (primary N) is 1. The molecule has 0 radical (unpaired) electrons. The summed E-state index contributed by atoms with van der Waals surface area (Å²) in [7, 11) is 2.22. The molecule has 0 spiro atoms. The molecule has 20 heavy (non-hydrogen) atoms. The minimum absolute atomic E-state index is 0.621. The predicted octanol–water partition coefficient (Wildman–Crippen LogP) is 2.94. The zero-order valence-electron chi connectivity index (χ0n) is 12.1. The number of halogens is 1. The Morgan fingerprint density at radius 3 is 3.05 bits per heavy atom. The van der Waals surface area contributed by atoms with Crippen molar-refractivity contribution in [3.63, 3.8) is 0 Å². The molecule has 1 fully saturated rings. The first kappa shape index (κ1) is 14.4. The fourth-order valence-corrected chi connectivity index (χ4v) is 4.27. The number of ether oxygens (including phenoxy) is 1. The molecular weight excluding hydrogens is 316 g/mol. The molecule has 1 saturated carbocycles. The van der Waals surface area contributed by atoms with Crippen LogP contribution in [-0.2, 0) is 13.0 Å². The third-order valence-electron chi connectivity index (χ3n) is 4.73. The molecule has 2 aliphatic rings. The number of benzene rings is 1. The summed E-state index contributed by atoms with van der Waals surface area (Å²) in [6.07, 6.45) is 4.89. The highest BCUT2D eigenvalue weighted by Gasteiger charge is 2.30. The molecule has 2 unspecified atom stereocenters. The van der Waals surface area contributed by atoms with E-state index in [0.29, 0.717) is 12.0 Å². The molecular formula is C16H23BrN2O. The van der Waals surface area contributed by atoms with Crippen molar-refractivity contribution in [1.82, 2.24) is 4.90 Å². The fraction of sp³-hybridized carbons (Fsp3) is 0.625. The molecule has 1 aromatic rings. The molecule has 1 aromatic carbocycles. The van der Waals surface area contributed by atoms with Crippen molar-refractivity contribution < 1.29 is 4.74 Å². The molecule has 3 nitrogen and oxygen atoms in total. The molecule has 3 rings (SSSR count). The zero-order chi connectivity index (χ0) is 14.1. The van der Waals surface area contributed by atoms with E-state index in [1.807, 2.05) is 0 Å². The van der Waals surface area contributed by atoms with E-state index in [1.54, 1.807) is 0 Å². The van der Waals surface area contributed by atoms with E-state index in [1.165, 1.54) is 30.4 Å². The molecule has 2 N–H and O–H groups in total. The van der Waals surface area contributed by atoms with Crippen LogP contribution in [-0.4, -0.2) is 31.1 Å². The number of fused-ring (bicyclic) bond motifs is 1. The highest BCUT2D eigenvalue weighted by atomic mass is 79.9. The lowest BCUT2D eigenvalue weighted by atomic mass is 10.0. The molecule has 2 atom stereocenters. The van der Waals surface area contributed by atoms with Crippen molar-refractivity contribution in [1.29, 1.82) is 0 Å². The van der Waals surface area contributed by atoms with E-state index in [2.05, 4.69) is 40.0 Å². The van der Waals surface area contributed by atoms with E-state index in [-0.39, 0.29) is 0 Å². The molecule has 0 aromatic heterocycles. The van der Waals surface area contributed by atoms with E-state index in [9.17, 15) is 0 Å². The molecule has 0 saturated heterocycles. The van der Waals surface area contributed by atoms with Crippen LogP contribution >= 0.6 is 15.9 Å². The Morgan fingerprint density at radius 2 is 2.25 bits per heavy atom. The summed E-state index contributed by atoms with van der Waals surface area (Å²) in [6.45, 7) is 2.57. The summed E-state index contributed by atoms with van der Waals surface area (Å²) in [5.41, 5.74) is 8.55. The van der Waals surface area contributed by atoms with Gasteiger partial charge in [0.05, 0.1) is 6.61 Å². The third-order valence-corrected chi connectivity index (χ3v) is 5.19. The summed E-state index contributed by atoms with van der Waals surface area (Å²) < 4.78 is 6.99. The minimum atomic E-state index is 0.621. The molecule has 1 aliphatic heterocycles. The van der Waals surface area contributed by atoms with E-state index < -0.39 is 0 Å². The lowest BCUT2D eigenvalue weighted by Crippen LogP contribution is -2.37. The van der Waals surface area contributed by atoms with Crippen LogP contribution in [0.15, 0.2) is 16.6 Å².